The molecule has 0 radical (unpaired) electrons. The van der Waals surface area contributed by atoms with Crippen molar-refractivity contribution in [2.45, 2.75) is 19.4 Å². The van der Waals surface area contributed by atoms with E-state index in [4.69, 9.17) is 5.11 Å². The van der Waals surface area contributed by atoms with Gasteiger partial charge in [-0.25, -0.2) is 9.78 Å². The van der Waals surface area contributed by atoms with E-state index in [0.29, 0.717) is 12.4 Å². The van der Waals surface area contributed by atoms with Crippen molar-refractivity contribution in [2.75, 3.05) is 18.5 Å². The Hall–Kier alpha value is -1.62. The van der Waals surface area contributed by atoms with E-state index in [1.54, 1.807) is 31.9 Å². The highest BCUT2D eigenvalue weighted by molar-refractivity contribution is 5.93. The summed E-state index contributed by atoms with van der Waals surface area (Å²) >= 11 is 0. The zero-order valence-electron chi connectivity index (χ0n) is 9.64. The minimum Gasteiger partial charge on any atom is -0.478 e. The van der Waals surface area contributed by atoms with Gasteiger partial charge in [0.15, 0.2) is 0 Å². The number of hydrogen-bond donors (Lipinski definition) is 2. The van der Waals surface area contributed by atoms with Crippen LogP contribution < -0.4 is 4.90 Å². The first-order valence-corrected chi connectivity index (χ1v) is 4.93. The van der Waals surface area contributed by atoms with E-state index in [0.717, 1.165) is 0 Å². The van der Waals surface area contributed by atoms with E-state index in [9.17, 15) is 9.90 Å². The number of anilines is 1. The number of aliphatic hydroxyl groups is 1. The van der Waals surface area contributed by atoms with Crippen LogP contribution in [0.5, 0.6) is 0 Å². The van der Waals surface area contributed by atoms with Crippen LogP contribution in [-0.4, -0.2) is 40.4 Å². The molecule has 0 fully saturated rings. The Kier molecular flexibility index (Phi) is 3.49. The van der Waals surface area contributed by atoms with Crippen LogP contribution in [0.4, 0.5) is 5.82 Å². The van der Waals surface area contributed by atoms with Crippen LogP contribution in [-0.2, 0) is 0 Å². The predicted octanol–water partition coefficient (Wildman–Crippen LogP) is 0.987. The Morgan fingerprint density at radius 3 is 2.69 bits per heavy atom. The number of hydrogen-bond acceptors (Lipinski definition) is 4. The molecule has 0 spiro atoms. The second-order valence-corrected chi connectivity index (χ2v) is 4.35. The molecule has 0 aromatic carbocycles. The van der Waals surface area contributed by atoms with Gasteiger partial charge in [-0.1, -0.05) is 0 Å². The van der Waals surface area contributed by atoms with Gasteiger partial charge in [0.2, 0.25) is 0 Å². The van der Waals surface area contributed by atoms with Gasteiger partial charge in [-0.15, -0.1) is 0 Å². The number of aromatic carboxylic acids is 1. The van der Waals surface area contributed by atoms with E-state index in [2.05, 4.69) is 4.98 Å². The molecule has 16 heavy (non-hydrogen) atoms. The van der Waals surface area contributed by atoms with Gasteiger partial charge in [0.05, 0.1) is 5.60 Å². The lowest BCUT2D eigenvalue weighted by Crippen LogP contribution is -2.37. The van der Waals surface area contributed by atoms with E-state index in [1.807, 2.05) is 0 Å². The van der Waals surface area contributed by atoms with Crippen LogP contribution >= 0.6 is 0 Å². The number of nitrogens with zero attached hydrogens (tertiary/aromatic N) is 2. The highest BCUT2D eigenvalue weighted by Gasteiger charge is 2.20. The SMILES string of the molecule is CN(CC(C)(C)O)c1ncccc1C(=O)O. The molecule has 1 heterocycles. The normalized spacial score (nSPS) is 11.2. The molecule has 1 aromatic heterocycles. The summed E-state index contributed by atoms with van der Waals surface area (Å²) in [6.07, 6.45) is 1.53. The third kappa shape index (κ3) is 3.20. The van der Waals surface area contributed by atoms with Crippen molar-refractivity contribution in [1.82, 2.24) is 4.98 Å². The van der Waals surface area contributed by atoms with Crippen LogP contribution in [0.15, 0.2) is 18.3 Å². The average molecular weight is 224 g/mol. The van der Waals surface area contributed by atoms with Crippen LogP contribution in [0.1, 0.15) is 24.2 Å². The molecule has 5 heteroatoms. The molecule has 0 saturated heterocycles. The quantitative estimate of drug-likeness (QED) is 0.797. The van der Waals surface area contributed by atoms with Crippen LogP contribution in [0.2, 0.25) is 0 Å². The summed E-state index contributed by atoms with van der Waals surface area (Å²) < 4.78 is 0. The van der Waals surface area contributed by atoms with E-state index < -0.39 is 11.6 Å². The minimum absolute atomic E-state index is 0.134. The van der Waals surface area contributed by atoms with E-state index in [-0.39, 0.29) is 5.56 Å². The zero-order valence-corrected chi connectivity index (χ0v) is 9.64. The molecular weight excluding hydrogens is 208 g/mol. The fourth-order valence-electron chi connectivity index (χ4n) is 1.52. The first-order valence-electron chi connectivity index (χ1n) is 4.93. The Balaban J connectivity index is 2.99. The largest absolute Gasteiger partial charge is 0.478 e. The second kappa shape index (κ2) is 4.49. The lowest BCUT2D eigenvalue weighted by Gasteiger charge is -2.27. The number of carboxylic acids is 1. The summed E-state index contributed by atoms with van der Waals surface area (Å²) in [6, 6.07) is 3.07. The third-order valence-corrected chi connectivity index (χ3v) is 2.00. The summed E-state index contributed by atoms with van der Waals surface area (Å²) in [5.41, 5.74) is -0.767. The number of rotatable bonds is 4. The van der Waals surface area contributed by atoms with Crippen LogP contribution in [0, 0.1) is 0 Å². The first kappa shape index (κ1) is 12.4. The maximum absolute atomic E-state index is 11.0. The fourth-order valence-corrected chi connectivity index (χ4v) is 1.52. The molecule has 1 rings (SSSR count). The summed E-state index contributed by atoms with van der Waals surface area (Å²) in [5.74, 6) is -0.664. The van der Waals surface area contributed by atoms with Crippen molar-refractivity contribution in [3.8, 4) is 0 Å². The highest BCUT2D eigenvalue weighted by Crippen LogP contribution is 2.17. The lowest BCUT2D eigenvalue weighted by molar-refractivity contribution is 0.0693. The van der Waals surface area contributed by atoms with E-state index >= 15 is 0 Å². The second-order valence-electron chi connectivity index (χ2n) is 4.35. The molecule has 0 aliphatic carbocycles. The molecule has 0 aliphatic heterocycles. The molecular formula is C11H16N2O3. The lowest BCUT2D eigenvalue weighted by atomic mass is 10.1. The van der Waals surface area contributed by atoms with Gasteiger partial charge in [0, 0.05) is 19.8 Å². The standard InChI is InChI=1S/C11H16N2O3/c1-11(2,16)7-13(3)9-8(10(14)15)5-4-6-12-9/h4-6,16H,7H2,1-3H3,(H,14,15). The number of carboxylic acid groups (broad SMARTS) is 1. The Morgan fingerprint density at radius 1 is 1.56 bits per heavy atom. The molecule has 1 aromatic rings. The van der Waals surface area contributed by atoms with Crippen LogP contribution in [0.3, 0.4) is 0 Å². The fraction of sp³-hybridized carbons (Fsp3) is 0.455. The smallest absolute Gasteiger partial charge is 0.339 e. The molecule has 0 unspecified atom stereocenters. The Labute approximate surface area is 94.4 Å². The monoisotopic (exact) mass is 224 g/mol. The number of likely N-dealkylation sites (N-methyl/N-ethyl adjacent to an activating group) is 1. The van der Waals surface area contributed by atoms with Crippen molar-refractivity contribution in [1.29, 1.82) is 0 Å². The van der Waals surface area contributed by atoms with E-state index in [1.165, 1.54) is 12.3 Å². The van der Waals surface area contributed by atoms with Gasteiger partial charge in [-0.05, 0) is 26.0 Å². The van der Waals surface area contributed by atoms with Crippen LogP contribution in [0.25, 0.3) is 0 Å². The number of carbonyl (C=O) groups is 1. The molecule has 0 atom stereocenters. The first-order chi connectivity index (χ1) is 7.31. The minimum atomic E-state index is -1.02. The average Bonchev–Trinajstić information content (AvgIpc) is 2.15. The zero-order chi connectivity index (χ0) is 12.3. The molecule has 0 aliphatic rings. The molecule has 2 N–H and O–H groups in total. The summed E-state index contributed by atoms with van der Waals surface area (Å²) in [6.45, 7) is 3.63. The topological polar surface area (TPSA) is 73.7 Å². The Bertz CT molecular complexity index is 385. The van der Waals surface area contributed by atoms with Gasteiger partial charge in [0.25, 0.3) is 0 Å². The summed E-state index contributed by atoms with van der Waals surface area (Å²) in [5, 5.41) is 18.6. The summed E-state index contributed by atoms with van der Waals surface area (Å²) in [7, 11) is 1.70. The third-order valence-electron chi connectivity index (χ3n) is 2.00. The van der Waals surface area contributed by atoms with Crippen molar-refractivity contribution in [3.63, 3.8) is 0 Å². The number of aromatic nitrogens is 1. The summed E-state index contributed by atoms with van der Waals surface area (Å²) in [4.78, 5) is 16.6. The van der Waals surface area contributed by atoms with Crippen molar-refractivity contribution in [3.05, 3.63) is 23.9 Å². The van der Waals surface area contributed by atoms with Crippen molar-refractivity contribution in [2.24, 2.45) is 0 Å². The number of pyridine rings is 1. The maximum atomic E-state index is 11.0. The molecule has 0 bridgehead atoms. The molecule has 0 saturated carbocycles. The molecule has 5 nitrogen and oxygen atoms in total. The van der Waals surface area contributed by atoms with Gasteiger partial charge >= 0.3 is 5.97 Å². The van der Waals surface area contributed by atoms with Gasteiger partial charge in [-0.2, -0.15) is 0 Å². The Morgan fingerprint density at radius 2 is 2.19 bits per heavy atom. The molecule has 0 amide bonds. The van der Waals surface area contributed by atoms with Crippen molar-refractivity contribution >= 4 is 11.8 Å². The maximum Gasteiger partial charge on any atom is 0.339 e. The highest BCUT2D eigenvalue weighted by atomic mass is 16.4. The predicted molar refractivity (Wildman–Crippen MR) is 60.8 cm³/mol. The van der Waals surface area contributed by atoms with Gasteiger partial charge in [-0.3, -0.25) is 0 Å². The van der Waals surface area contributed by atoms with Gasteiger partial charge in [0.1, 0.15) is 11.4 Å². The van der Waals surface area contributed by atoms with Gasteiger partial charge < -0.3 is 15.1 Å². The molecule has 88 valence electrons. The van der Waals surface area contributed by atoms with Crippen molar-refractivity contribution < 1.29 is 15.0 Å².